The van der Waals surface area contributed by atoms with Crippen LogP contribution in [-0.2, 0) is 25.7 Å². The molecule has 1 heterocycles. The molecule has 2 amide bonds. The smallest absolute Gasteiger partial charge is 0.407 e. The Bertz CT molecular complexity index is 1300. The second-order valence-electron chi connectivity index (χ2n) is 9.98. The maximum absolute atomic E-state index is 13.5. The Morgan fingerprint density at radius 2 is 1.56 bits per heavy atom. The summed E-state index contributed by atoms with van der Waals surface area (Å²) in [4.78, 5) is 39.7. The molecule has 2 N–H and O–H groups in total. The molecular weight excluding hydrogens is 496 g/mol. The van der Waals surface area contributed by atoms with E-state index in [4.69, 9.17) is 9.47 Å². The molecule has 0 spiro atoms. The molecule has 202 valence electrons. The summed E-state index contributed by atoms with van der Waals surface area (Å²) in [5.74, 6) is -1.67. The van der Waals surface area contributed by atoms with Crippen LogP contribution in [0.2, 0.25) is 0 Å². The first-order valence-corrected chi connectivity index (χ1v) is 13.2. The number of carboxylic acid groups (broad SMARTS) is 1. The van der Waals surface area contributed by atoms with Crippen molar-refractivity contribution in [3.05, 3.63) is 95.6 Å². The Morgan fingerprint density at radius 3 is 2.21 bits per heavy atom. The molecule has 0 aromatic heterocycles. The largest absolute Gasteiger partial charge is 0.480 e. The van der Waals surface area contributed by atoms with Gasteiger partial charge in [0.05, 0.1) is 12.7 Å². The third-order valence-corrected chi connectivity index (χ3v) is 7.53. The quantitative estimate of drug-likeness (QED) is 0.422. The van der Waals surface area contributed by atoms with Crippen molar-refractivity contribution in [3.8, 4) is 11.1 Å². The Kier molecular flexibility index (Phi) is 7.93. The summed E-state index contributed by atoms with van der Waals surface area (Å²) in [6, 6.07) is 23.6. The zero-order valence-corrected chi connectivity index (χ0v) is 21.8. The van der Waals surface area contributed by atoms with Crippen LogP contribution in [0.3, 0.4) is 0 Å². The van der Waals surface area contributed by atoms with E-state index < -0.39 is 36.2 Å². The fraction of sp³-hybridized carbons (Fsp3) is 0.323. The molecule has 2 aliphatic rings. The van der Waals surface area contributed by atoms with Gasteiger partial charge < -0.3 is 24.8 Å². The van der Waals surface area contributed by atoms with Gasteiger partial charge in [-0.25, -0.2) is 9.59 Å². The normalized spacial score (nSPS) is 17.7. The highest BCUT2D eigenvalue weighted by molar-refractivity contribution is 5.90. The second kappa shape index (κ2) is 11.7. The van der Waals surface area contributed by atoms with E-state index in [9.17, 15) is 19.5 Å². The summed E-state index contributed by atoms with van der Waals surface area (Å²) >= 11 is 0. The van der Waals surface area contributed by atoms with E-state index >= 15 is 0 Å². The van der Waals surface area contributed by atoms with Crippen LogP contribution in [0.15, 0.2) is 78.9 Å². The van der Waals surface area contributed by atoms with Crippen molar-refractivity contribution < 1.29 is 29.0 Å². The number of carboxylic acids is 1. The van der Waals surface area contributed by atoms with Gasteiger partial charge in [0.15, 0.2) is 0 Å². The minimum atomic E-state index is -1.11. The summed E-state index contributed by atoms with van der Waals surface area (Å²) in [6.45, 7) is 2.34. The number of benzene rings is 3. The van der Waals surface area contributed by atoms with Crippen molar-refractivity contribution in [3.63, 3.8) is 0 Å². The number of carbonyl (C=O) groups is 3. The standard InChI is InChI=1S/C31H32N2O6/c1-20(38-18-21-10-3-2-4-11-21)28(29(34)33-17-9-16-27(33)30(35)36)32-31(37)39-19-26-24-14-7-5-12-22(24)23-13-6-8-15-25(23)26/h2-8,10-15,20,26-28H,9,16-19H2,1H3,(H,32,37)(H,35,36). The minimum absolute atomic E-state index is 0.0987. The lowest BCUT2D eigenvalue weighted by Gasteiger charge is -2.30. The van der Waals surface area contributed by atoms with Crippen LogP contribution in [0.1, 0.15) is 42.4 Å². The molecule has 0 radical (unpaired) electrons. The molecule has 39 heavy (non-hydrogen) atoms. The summed E-state index contributed by atoms with van der Waals surface area (Å²) in [5, 5.41) is 12.3. The van der Waals surface area contributed by atoms with Gasteiger partial charge in [-0.2, -0.15) is 0 Å². The van der Waals surface area contributed by atoms with E-state index in [0.29, 0.717) is 19.4 Å². The molecule has 8 heteroatoms. The molecule has 0 bridgehead atoms. The van der Waals surface area contributed by atoms with Crippen molar-refractivity contribution in [1.82, 2.24) is 10.2 Å². The minimum Gasteiger partial charge on any atom is -0.480 e. The molecule has 1 aliphatic heterocycles. The topological polar surface area (TPSA) is 105 Å². The Hall–Kier alpha value is -4.17. The average molecular weight is 529 g/mol. The van der Waals surface area contributed by atoms with Gasteiger partial charge >= 0.3 is 12.1 Å². The molecule has 3 aromatic rings. The van der Waals surface area contributed by atoms with Crippen LogP contribution in [0.5, 0.6) is 0 Å². The number of nitrogens with one attached hydrogen (secondary N) is 1. The predicted octanol–water partition coefficient (Wildman–Crippen LogP) is 4.57. The highest BCUT2D eigenvalue weighted by Gasteiger charge is 2.40. The maximum atomic E-state index is 13.5. The highest BCUT2D eigenvalue weighted by atomic mass is 16.5. The molecule has 3 aromatic carbocycles. The summed E-state index contributed by atoms with van der Waals surface area (Å²) in [5.41, 5.74) is 5.32. The zero-order chi connectivity index (χ0) is 27.4. The second-order valence-corrected chi connectivity index (χ2v) is 9.98. The van der Waals surface area contributed by atoms with Gasteiger partial charge in [0.1, 0.15) is 18.7 Å². The fourth-order valence-corrected chi connectivity index (χ4v) is 5.51. The number of likely N-dealkylation sites (tertiary alicyclic amines) is 1. The Balaban J connectivity index is 1.29. The van der Waals surface area contributed by atoms with Gasteiger partial charge in [0.25, 0.3) is 0 Å². The lowest BCUT2D eigenvalue weighted by atomic mass is 9.98. The van der Waals surface area contributed by atoms with Crippen LogP contribution in [-0.4, -0.2) is 59.3 Å². The lowest BCUT2D eigenvalue weighted by molar-refractivity contribution is -0.150. The number of hydrogen-bond acceptors (Lipinski definition) is 5. The van der Waals surface area contributed by atoms with Crippen LogP contribution in [0, 0.1) is 0 Å². The van der Waals surface area contributed by atoms with E-state index in [-0.39, 0.29) is 19.1 Å². The Labute approximate surface area is 227 Å². The third-order valence-electron chi connectivity index (χ3n) is 7.53. The number of aliphatic carboxylic acids is 1. The van der Waals surface area contributed by atoms with E-state index in [1.54, 1.807) is 6.92 Å². The molecule has 5 rings (SSSR count). The molecule has 0 saturated carbocycles. The Morgan fingerprint density at radius 1 is 0.949 bits per heavy atom. The van der Waals surface area contributed by atoms with E-state index in [2.05, 4.69) is 17.4 Å². The number of hydrogen-bond donors (Lipinski definition) is 2. The van der Waals surface area contributed by atoms with Crippen LogP contribution in [0.25, 0.3) is 11.1 Å². The first-order valence-electron chi connectivity index (χ1n) is 13.2. The van der Waals surface area contributed by atoms with Gasteiger partial charge in [-0.05, 0) is 47.6 Å². The van der Waals surface area contributed by atoms with Gasteiger partial charge in [-0.1, -0.05) is 78.9 Å². The van der Waals surface area contributed by atoms with E-state index in [1.165, 1.54) is 4.90 Å². The van der Waals surface area contributed by atoms with Crippen LogP contribution in [0.4, 0.5) is 4.79 Å². The molecule has 3 atom stereocenters. The molecular formula is C31H32N2O6. The van der Waals surface area contributed by atoms with Gasteiger partial charge in [0.2, 0.25) is 5.91 Å². The summed E-state index contributed by atoms with van der Waals surface area (Å²) in [6.07, 6.45) is -0.526. The molecule has 1 saturated heterocycles. The summed E-state index contributed by atoms with van der Waals surface area (Å²) in [7, 11) is 0. The number of amides is 2. The lowest BCUT2D eigenvalue weighted by Crippen LogP contribution is -2.56. The number of alkyl carbamates (subject to hydrolysis) is 1. The third kappa shape index (κ3) is 5.66. The van der Waals surface area contributed by atoms with Gasteiger partial charge in [0, 0.05) is 12.5 Å². The maximum Gasteiger partial charge on any atom is 0.407 e. The summed E-state index contributed by atoms with van der Waals surface area (Å²) < 4.78 is 11.7. The van der Waals surface area contributed by atoms with Gasteiger partial charge in [-0.3, -0.25) is 4.79 Å². The van der Waals surface area contributed by atoms with Crippen molar-refractivity contribution in [2.24, 2.45) is 0 Å². The average Bonchev–Trinajstić information content (AvgIpc) is 3.57. The van der Waals surface area contributed by atoms with Crippen molar-refractivity contribution in [2.75, 3.05) is 13.2 Å². The molecule has 1 aliphatic carbocycles. The highest BCUT2D eigenvalue weighted by Crippen LogP contribution is 2.44. The van der Waals surface area contributed by atoms with Crippen LogP contribution < -0.4 is 5.32 Å². The molecule has 1 fully saturated rings. The molecule has 8 nitrogen and oxygen atoms in total. The van der Waals surface area contributed by atoms with Crippen LogP contribution >= 0.6 is 0 Å². The SMILES string of the molecule is CC(OCc1ccccc1)C(NC(=O)OCC1c2ccccc2-c2ccccc21)C(=O)N1CCCC1C(=O)O. The number of nitrogens with zero attached hydrogens (tertiary/aromatic N) is 1. The van der Waals surface area contributed by atoms with Gasteiger partial charge in [-0.15, -0.1) is 0 Å². The first-order chi connectivity index (χ1) is 18.9. The number of carbonyl (C=O) groups excluding carboxylic acids is 2. The van der Waals surface area contributed by atoms with Crippen molar-refractivity contribution in [2.45, 2.75) is 50.5 Å². The fourth-order valence-electron chi connectivity index (χ4n) is 5.51. The molecule has 3 unspecified atom stereocenters. The van der Waals surface area contributed by atoms with E-state index in [0.717, 1.165) is 27.8 Å². The number of rotatable bonds is 9. The van der Waals surface area contributed by atoms with Crippen molar-refractivity contribution >= 4 is 18.0 Å². The van der Waals surface area contributed by atoms with E-state index in [1.807, 2.05) is 66.7 Å². The number of fused-ring (bicyclic) bond motifs is 3. The number of ether oxygens (including phenoxy) is 2. The van der Waals surface area contributed by atoms with Crippen molar-refractivity contribution in [1.29, 1.82) is 0 Å². The first kappa shape index (κ1) is 26.4. The zero-order valence-electron chi connectivity index (χ0n) is 21.8. The predicted molar refractivity (Wildman–Crippen MR) is 145 cm³/mol. The monoisotopic (exact) mass is 528 g/mol.